The Morgan fingerprint density at radius 3 is 2.27 bits per heavy atom. The van der Waals surface area contributed by atoms with Crippen molar-refractivity contribution in [3.63, 3.8) is 0 Å². The van der Waals surface area contributed by atoms with E-state index < -0.39 is 38.9 Å². The van der Waals surface area contributed by atoms with E-state index in [4.69, 9.17) is 5.11 Å². The predicted octanol–water partition coefficient (Wildman–Crippen LogP) is 2.77. The van der Waals surface area contributed by atoms with Crippen molar-refractivity contribution in [2.24, 2.45) is 0 Å². The van der Waals surface area contributed by atoms with Crippen molar-refractivity contribution in [3.8, 4) is 0 Å². The lowest BCUT2D eigenvalue weighted by atomic mass is 10.1. The summed E-state index contributed by atoms with van der Waals surface area (Å²) < 4.78 is 53.0. The van der Waals surface area contributed by atoms with E-state index >= 15 is 0 Å². The van der Waals surface area contributed by atoms with E-state index in [1.54, 1.807) is 19.1 Å². The summed E-state index contributed by atoms with van der Waals surface area (Å²) in [7, 11) is -4.17. The van der Waals surface area contributed by atoms with Crippen molar-refractivity contribution in [2.75, 3.05) is 4.72 Å². The van der Waals surface area contributed by atoms with Gasteiger partial charge in [-0.3, -0.25) is 4.72 Å². The number of halogens is 2. The molecule has 0 saturated heterocycles. The molecular formula is C14H11F2NO4S. The second-order valence-corrected chi connectivity index (χ2v) is 6.22. The van der Waals surface area contributed by atoms with Crippen LogP contribution < -0.4 is 4.72 Å². The molecule has 0 unspecified atom stereocenters. The van der Waals surface area contributed by atoms with Crippen LogP contribution in [-0.2, 0) is 10.0 Å². The molecule has 2 aromatic carbocycles. The summed E-state index contributed by atoms with van der Waals surface area (Å²) in [6.45, 7) is 1.76. The Kier molecular flexibility index (Phi) is 4.14. The standard InChI is InChI=1S/C14H11F2NO4S/c1-8-2-4-10(5-3-8)22(20,21)17-12-7-9(15)6-11(16)13(12)14(18)19/h2-7,17H,1H3,(H,18,19). The van der Waals surface area contributed by atoms with Gasteiger partial charge in [-0.25, -0.2) is 22.0 Å². The van der Waals surface area contributed by atoms with Crippen LogP contribution >= 0.6 is 0 Å². The quantitative estimate of drug-likeness (QED) is 0.904. The lowest BCUT2D eigenvalue weighted by Gasteiger charge is -2.11. The van der Waals surface area contributed by atoms with E-state index in [2.05, 4.69) is 0 Å². The number of carbonyl (C=O) groups is 1. The molecule has 22 heavy (non-hydrogen) atoms. The van der Waals surface area contributed by atoms with Crippen LogP contribution in [0.15, 0.2) is 41.3 Å². The molecule has 0 aromatic heterocycles. The normalized spacial score (nSPS) is 11.2. The van der Waals surface area contributed by atoms with Crippen molar-refractivity contribution >= 4 is 21.7 Å². The van der Waals surface area contributed by atoms with Crippen molar-refractivity contribution in [2.45, 2.75) is 11.8 Å². The second-order valence-electron chi connectivity index (χ2n) is 4.53. The molecule has 2 rings (SSSR count). The Labute approximate surface area is 125 Å². The Morgan fingerprint density at radius 1 is 1.14 bits per heavy atom. The zero-order valence-electron chi connectivity index (χ0n) is 11.3. The van der Waals surface area contributed by atoms with E-state index in [1.165, 1.54) is 12.1 Å². The van der Waals surface area contributed by atoms with Crippen molar-refractivity contribution in [3.05, 3.63) is 59.2 Å². The zero-order valence-corrected chi connectivity index (χ0v) is 12.1. The van der Waals surface area contributed by atoms with Gasteiger partial charge in [-0.2, -0.15) is 0 Å². The predicted molar refractivity (Wildman–Crippen MR) is 75.3 cm³/mol. The lowest BCUT2D eigenvalue weighted by Crippen LogP contribution is -2.17. The first-order chi connectivity index (χ1) is 10.2. The van der Waals surface area contributed by atoms with Gasteiger partial charge >= 0.3 is 5.97 Å². The minimum atomic E-state index is -4.17. The molecule has 0 aliphatic heterocycles. The van der Waals surface area contributed by atoms with Gasteiger partial charge in [0.15, 0.2) is 0 Å². The van der Waals surface area contributed by atoms with Crippen LogP contribution in [0.4, 0.5) is 14.5 Å². The SMILES string of the molecule is Cc1ccc(S(=O)(=O)Nc2cc(F)cc(F)c2C(=O)O)cc1. The van der Waals surface area contributed by atoms with E-state index in [9.17, 15) is 22.0 Å². The van der Waals surface area contributed by atoms with Crippen LogP contribution in [0.25, 0.3) is 0 Å². The topological polar surface area (TPSA) is 83.5 Å². The molecule has 0 radical (unpaired) electrons. The third-order valence-electron chi connectivity index (χ3n) is 2.84. The molecule has 0 bridgehead atoms. The first kappa shape index (κ1) is 15.9. The van der Waals surface area contributed by atoms with Gasteiger partial charge in [0.2, 0.25) is 0 Å². The Hall–Kier alpha value is -2.48. The number of hydrogen-bond donors (Lipinski definition) is 2. The van der Waals surface area contributed by atoms with Crippen molar-refractivity contribution in [1.29, 1.82) is 0 Å². The van der Waals surface area contributed by atoms with Gasteiger partial charge in [-0.05, 0) is 25.1 Å². The summed E-state index contributed by atoms with van der Waals surface area (Å²) in [5, 5.41) is 8.94. The smallest absolute Gasteiger partial charge is 0.340 e. The number of aromatic carboxylic acids is 1. The molecule has 0 fully saturated rings. The molecule has 0 heterocycles. The summed E-state index contributed by atoms with van der Waals surface area (Å²) in [5.41, 5.74) is -0.801. The highest BCUT2D eigenvalue weighted by atomic mass is 32.2. The molecule has 0 atom stereocenters. The van der Waals surface area contributed by atoms with Gasteiger partial charge in [0.1, 0.15) is 17.2 Å². The fourth-order valence-corrected chi connectivity index (χ4v) is 2.86. The molecule has 0 amide bonds. The second kappa shape index (κ2) is 5.72. The van der Waals surface area contributed by atoms with Gasteiger partial charge in [-0.15, -0.1) is 0 Å². The number of anilines is 1. The van der Waals surface area contributed by atoms with Crippen molar-refractivity contribution < 1.29 is 27.1 Å². The number of carboxylic acids is 1. The maximum atomic E-state index is 13.5. The number of benzene rings is 2. The van der Waals surface area contributed by atoms with Gasteiger partial charge in [0.05, 0.1) is 10.6 Å². The highest BCUT2D eigenvalue weighted by Crippen LogP contribution is 2.24. The number of hydrogen-bond acceptors (Lipinski definition) is 3. The fourth-order valence-electron chi connectivity index (χ4n) is 1.79. The van der Waals surface area contributed by atoms with Crippen LogP contribution in [0.3, 0.4) is 0 Å². The molecule has 116 valence electrons. The molecule has 0 aliphatic rings. The molecule has 5 nitrogen and oxygen atoms in total. The summed E-state index contributed by atoms with van der Waals surface area (Å²) in [6, 6.07) is 6.66. The minimum absolute atomic E-state index is 0.154. The van der Waals surface area contributed by atoms with E-state index in [1.807, 2.05) is 4.72 Å². The van der Waals surface area contributed by atoms with E-state index in [0.29, 0.717) is 12.1 Å². The number of sulfonamides is 1. The van der Waals surface area contributed by atoms with Gasteiger partial charge in [0.25, 0.3) is 10.0 Å². The monoisotopic (exact) mass is 327 g/mol. The Balaban J connectivity index is 2.50. The molecule has 0 saturated carbocycles. The number of carboxylic acid groups (broad SMARTS) is 1. The summed E-state index contributed by atoms with van der Waals surface area (Å²) >= 11 is 0. The summed E-state index contributed by atoms with van der Waals surface area (Å²) in [5.74, 6) is -4.17. The van der Waals surface area contributed by atoms with Gasteiger partial charge in [0, 0.05) is 6.07 Å². The van der Waals surface area contributed by atoms with Gasteiger partial charge in [-0.1, -0.05) is 17.7 Å². The van der Waals surface area contributed by atoms with Crippen molar-refractivity contribution in [1.82, 2.24) is 0 Å². The van der Waals surface area contributed by atoms with Crippen LogP contribution in [-0.4, -0.2) is 19.5 Å². The molecule has 2 N–H and O–H groups in total. The maximum Gasteiger partial charge on any atom is 0.340 e. The third kappa shape index (κ3) is 3.22. The first-order valence-electron chi connectivity index (χ1n) is 6.02. The Bertz CT molecular complexity index is 833. The lowest BCUT2D eigenvalue weighted by molar-refractivity contribution is 0.0693. The molecule has 0 spiro atoms. The largest absolute Gasteiger partial charge is 0.478 e. The number of rotatable bonds is 4. The van der Waals surface area contributed by atoms with E-state index in [-0.39, 0.29) is 4.90 Å². The van der Waals surface area contributed by atoms with Gasteiger partial charge < -0.3 is 5.11 Å². The fraction of sp³-hybridized carbons (Fsp3) is 0.0714. The summed E-state index contributed by atoms with van der Waals surface area (Å²) in [4.78, 5) is 10.9. The zero-order chi connectivity index (χ0) is 16.5. The summed E-state index contributed by atoms with van der Waals surface area (Å²) in [6.07, 6.45) is 0. The number of nitrogens with one attached hydrogen (secondary N) is 1. The van der Waals surface area contributed by atoms with Crippen LogP contribution in [0, 0.1) is 18.6 Å². The molecule has 0 aliphatic carbocycles. The maximum absolute atomic E-state index is 13.5. The van der Waals surface area contributed by atoms with Crippen LogP contribution in [0.5, 0.6) is 0 Å². The third-order valence-corrected chi connectivity index (χ3v) is 4.23. The van der Waals surface area contributed by atoms with Crippen LogP contribution in [0.1, 0.15) is 15.9 Å². The Morgan fingerprint density at radius 2 is 1.73 bits per heavy atom. The number of aryl methyl sites for hydroxylation is 1. The molecule has 8 heteroatoms. The minimum Gasteiger partial charge on any atom is -0.478 e. The van der Waals surface area contributed by atoms with Crippen LogP contribution in [0.2, 0.25) is 0 Å². The highest BCUT2D eigenvalue weighted by Gasteiger charge is 2.22. The van der Waals surface area contributed by atoms with E-state index in [0.717, 1.165) is 5.56 Å². The molecule has 2 aromatic rings. The average Bonchev–Trinajstić information content (AvgIpc) is 2.37. The first-order valence-corrected chi connectivity index (χ1v) is 7.51. The average molecular weight is 327 g/mol. The molecular weight excluding hydrogens is 316 g/mol. The highest BCUT2D eigenvalue weighted by molar-refractivity contribution is 7.92.